The number of carbonyl (C=O) groups is 1. The Balaban J connectivity index is 1.48. The monoisotopic (exact) mass is 377 g/mol. The van der Waals surface area contributed by atoms with Crippen molar-refractivity contribution in [3.8, 4) is 0 Å². The Morgan fingerprint density at radius 1 is 1.26 bits per heavy atom. The summed E-state index contributed by atoms with van der Waals surface area (Å²) in [6.07, 6.45) is 12.0. The zero-order chi connectivity index (χ0) is 18.8. The summed E-state index contributed by atoms with van der Waals surface area (Å²) in [5.74, 6) is 3.04. The van der Waals surface area contributed by atoms with Crippen LogP contribution in [0.15, 0.2) is 11.8 Å². The van der Waals surface area contributed by atoms with Crippen molar-refractivity contribution >= 4 is 5.91 Å². The summed E-state index contributed by atoms with van der Waals surface area (Å²) in [4.78, 5) is 13.0. The van der Waals surface area contributed by atoms with Crippen LogP contribution in [0.3, 0.4) is 0 Å². The van der Waals surface area contributed by atoms with Crippen molar-refractivity contribution in [1.29, 1.82) is 0 Å². The number of aliphatic hydroxyl groups is 1. The number of amides is 1. The maximum absolute atomic E-state index is 13.0. The van der Waals surface area contributed by atoms with Crippen LogP contribution in [0.2, 0.25) is 0 Å². The third-order valence-corrected chi connectivity index (χ3v) is 7.43. The molecule has 1 heterocycles. The van der Waals surface area contributed by atoms with E-state index >= 15 is 0 Å². The van der Waals surface area contributed by atoms with Gasteiger partial charge in [-0.1, -0.05) is 12.8 Å². The fourth-order valence-corrected chi connectivity index (χ4v) is 5.81. The molecule has 3 saturated carbocycles. The molecule has 4 rings (SSSR count). The zero-order valence-corrected chi connectivity index (χ0v) is 16.6. The first-order valence-electron chi connectivity index (χ1n) is 11.1. The lowest BCUT2D eigenvalue weighted by Crippen LogP contribution is -2.45. The zero-order valence-electron chi connectivity index (χ0n) is 16.6. The molecule has 152 valence electrons. The standard InChI is InChI=1S/C22H35NO4/c1-2-26-22-17(7-4-10-24)18(15-5-3-6-15)13-20(27-22)21(25)23-19-12-14-8-9-16(19)11-14/h13-19,22,24H,2-12H2,1H3,(H,23,25)/t14?,16?,17-,18-,19?,22-/m1/s1. The van der Waals surface area contributed by atoms with Crippen LogP contribution in [0.5, 0.6) is 0 Å². The molecule has 4 aliphatic rings. The van der Waals surface area contributed by atoms with Gasteiger partial charge in [-0.05, 0) is 81.6 Å². The second-order valence-corrected chi connectivity index (χ2v) is 9.03. The second kappa shape index (κ2) is 8.52. The Labute approximate surface area is 162 Å². The molecule has 0 saturated heterocycles. The fourth-order valence-electron chi connectivity index (χ4n) is 5.81. The molecule has 3 aliphatic carbocycles. The molecule has 0 aromatic rings. The SMILES string of the molecule is CCO[C@@H]1OC(C(=O)NC2CC3CCC2C3)=C[C@H](C2CCC2)[C@H]1CCCO. The van der Waals surface area contributed by atoms with Crippen LogP contribution in [-0.2, 0) is 14.3 Å². The van der Waals surface area contributed by atoms with E-state index in [1.54, 1.807) is 0 Å². The van der Waals surface area contributed by atoms with E-state index in [4.69, 9.17) is 9.47 Å². The highest BCUT2D eigenvalue weighted by molar-refractivity contribution is 5.91. The number of nitrogens with one attached hydrogen (secondary N) is 1. The minimum absolute atomic E-state index is 0.0535. The predicted molar refractivity (Wildman–Crippen MR) is 103 cm³/mol. The number of fused-ring (bicyclic) bond motifs is 2. The third-order valence-electron chi connectivity index (χ3n) is 7.43. The Hall–Kier alpha value is -1.07. The van der Waals surface area contributed by atoms with Crippen LogP contribution in [0.25, 0.3) is 0 Å². The van der Waals surface area contributed by atoms with Gasteiger partial charge in [-0.15, -0.1) is 0 Å². The largest absolute Gasteiger partial charge is 0.459 e. The fraction of sp³-hybridized carbons (Fsp3) is 0.864. The van der Waals surface area contributed by atoms with Gasteiger partial charge in [0.2, 0.25) is 6.29 Å². The van der Waals surface area contributed by atoms with Crippen LogP contribution >= 0.6 is 0 Å². The summed E-state index contributed by atoms with van der Waals surface area (Å²) in [7, 11) is 0. The van der Waals surface area contributed by atoms with Gasteiger partial charge in [0.15, 0.2) is 5.76 Å². The molecule has 6 atom stereocenters. The molecule has 0 spiro atoms. The summed E-state index contributed by atoms with van der Waals surface area (Å²) in [6.45, 7) is 2.73. The lowest BCUT2D eigenvalue weighted by atomic mass is 9.68. The second-order valence-electron chi connectivity index (χ2n) is 9.03. The van der Waals surface area contributed by atoms with E-state index in [-0.39, 0.29) is 24.7 Å². The van der Waals surface area contributed by atoms with Crippen molar-refractivity contribution in [3.63, 3.8) is 0 Å². The smallest absolute Gasteiger partial charge is 0.286 e. The lowest BCUT2D eigenvalue weighted by Gasteiger charge is -2.43. The van der Waals surface area contributed by atoms with Crippen molar-refractivity contribution in [1.82, 2.24) is 5.32 Å². The van der Waals surface area contributed by atoms with Gasteiger partial charge in [0, 0.05) is 25.2 Å². The highest BCUT2D eigenvalue weighted by atomic mass is 16.7. The maximum Gasteiger partial charge on any atom is 0.286 e. The highest BCUT2D eigenvalue weighted by Gasteiger charge is 2.44. The Morgan fingerprint density at radius 3 is 2.70 bits per heavy atom. The number of hydrogen-bond donors (Lipinski definition) is 2. The van der Waals surface area contributed by atoms with E-state index in [1.807, 2.05) is 6.92 Å². The number of ether oxygens (including phenoxy) is 2. The Morgan fingerprint density at radius 2 is 2.11 bits per heavy atom. The molecule has 27 heavy (non-hydrogen) atoms. The van der Waals surface area contributed by atoms with Crippen molar-refractivity contribution in [2.45, 2.75) is 77.0 Å². The summed E-state index contributed by atoms with van der Waals surface area (Å²) in [5, 5.41) is 12.6. The topological polar surface area (TPSA) is 67.8 Å². The van der Waals surface area contributed by atoms with E-state index in [0.29, 0.717) is 36.2 Å². The summed E-state index contributed by atoms with van der Waals surface area (Å²) in [6, 6.07) is 0.320. The van der Waals surface area contributed by atoms with Crippen LogP contribution in [0, 0.1) is 29.6 Å². The highest BCUT2D eigenvalue weighted by Crippen LogP contribution is 2.46. The minimum Gasteiger partial charge on any atom is -0.459 e. The molecule has 3 unspecified atom stereocenters. The predicted octanol–water partition coefficient (Wildman–Crippen LogP) is 3.37. The average Bonchev–Trinajstić information content (AvgIpc) is 3.22. The molecule has 2 N–H and O–H groups in total. The Kier molecular flexibility index (Phi) is 6.08. The molecule has 5 heteroatoms. The quantitative estimate of drug-likeness (QED) is 0.680. The molecule has 0 aromatic carbocycles. The Bertz CT molecular complexity index is 559. The van der Waals surface area contributed by atoms with Crippen LogP contribution in [-0.4, -0.2) is 36.6 Å². The van der Waals surface area contributed by atoms with Crippen LogP contribution in [0.4, 0.5) is 0 Å². The van der Waals surface area contributed by atoms with Gasteiger partial charge < -0.3 is 19.9 Å². The molecule has 2 bridgehead atoms. The van der Waals surface area contributed by atoms with Gasteiger partial charge in [0.05, 0.1) is 0 Å². The van der Waals surface area contributed by atoms with Crippen molar-refractivity contribution in [2.75, 3.05) is 13.2 Å². The van der Waals surface area contributed by atoms with E-state index in [9.17, 15) is 9.90 Å². The number of allylic oxidation sites excluding steroid dienone is 1. The molecular weight excluding hydrogens is 342 g/mol. The minimum atomic E-state index is -0.377. The van der Waals surface area contributed by atoms with E-state index in [2.05, 4.69) is 11.4 Å². The van der Waals surface area contributed by atoms with Gasteiger partial charge in [0.25, 0.3) is 5.91 Å². The molecule has 0 aromatic heterocycles. The van der Waals surface area contributed by atoms with Gasteiger partial charge >= 0.3 is 0 Å². The van der Waals surface area contributed by atoms with Gasteiger partial charge in [-0.25, -0.2) is 0 Å². The van der Waals surface area contributed by atoms with Crippen molar-refractivity contribution < 1.29 is 19.4 Å². The first-order chi connectivity index (χ1) is 13.2. The maximum atomic E-state index is 13.0. The molecule has 1 amide bonds. The first-order valence-corrected chi connectivity index (χ1v) is 11.1. The summed E-state index contributed by atoms with van der Waals surface area (Å²) >= 11 is 0. The van der Waals surface area contributed by atoms with Gasteiger partial charge in [-0.2, -0.15) is 0 Å². The summed E-state index contributed by atoms with van der Waals surface area (Å²) < 4.78 is 12.0. The van der Waals surface area contributed by atoms with E-state index in [0.717, 1.165) is 25.2 Å². The number of hydrogen-bond acceptors (Lipinski definition) is 4. The normalized spacial score (nSPS) is 38.2. The molecular formula is C22H35NO4. The molecule has 0 radical (unpaired) electrons. The average molecular weight is 378 g/mol. The van der Waals surface area contributed by atoms with E-state index < -0.39 is 0 Å². The molecule has 5 nitrogen and oxygen atoms in total. The van der Waals surface area contributed by atoms with Crippen LogP contribution < -0.4 is 5.32 Å². The number of rotatable bonds is 8. The summed E-state index contributed by atoms with van der Waals surface area (Å²) in [5.41, 5.74) is 0. The van der Waals surface area contributed by atoms with Crippen LogP contribution in [0.1, 0.15) is 64.7 Å². The van der Waals surface area contributed by atoms with Crippen molar-refractivity contribution in [3.05, 3.63) is 11.8 Å². The molecule has 3 fully saturated rings. The number of carbonyl (C=O) groups excluding carboxylic acids is 1. The van der Waals surface area contributed by atoms with Crippen molar-refractivity contribution in [2.24, 2.45) is 29.6 Å². The van der Waals surface area contributed by atoms with E-state index in [1.165, 1.54) is 38.5 Å². The first kappa shape index (κ1) is 19.3. The number of aliphatic hydroxyl groups excluding tert-OH is 1. The lowest BCUT2D eigenvalue weighted by molar-refractivity contribution is -0.178. The van der Waals surface area contributed by atoms with Gasteiger partial charge in [-0.3, -0.25) is 4.79 Å². The van der Waals surface area contributed by atoms with Gasteiger partial charge in [0.1, 0.15) is 0 Å². The third kappa shape index (κ3) is 4.04. The molecule has 1 aliphatic heterocycles.